The van der Waals surface area contributed by atoms with Crippen LogP contribution < -0.4 is 11.2 Å². The van der Waals surface area contributed by atoms with E-state index in [1.165, 1.54) is 22.0 Å². The van der Waals surface area contributed by atoms with E-state index in [9.17, 15) is 4.79 Å². The van der Waals surface area contributed by atoms with Crippen LogP contribution in [0, 0.1) is 6.92 Å². The van der Waals surface area contributed by atoms with Gasteiger partial charge in [-0.1, -0.05) is 61.0 Å². The number of amides is 1. The van der Waals surface area contributed by atoms with Gasteiger partial charge in [0.1, 0.15) is 0 Å². The first kappa shape index (κ1) is 23.2. The number of benzene rings is 2. The summed E-state index contributed by atoms with van der Waals surface area (Å²) < 4.78 is 6.05. The Hall–Kier alpha value is -3.99. The third-order valence-corrected chi connectivity index (χ3v) is 6.08. The number of aryl methyl sites for hydroxylation is 1. The molecule has 0 bridgehead atoms. The summed E-state index contributed by atoms with van der Waals surface area (Å²) in [6, 6.07) is 16.0. The lowest BCUT2D eigenvalue weighted by molar-refractivity contribution is 0.0949. The van der Waals surface area contributed by atoms with Crippen molar-refractivity contribution in [2.45, 2.75) is 37.3 Å². The molecule has 4 rings (SSSR count). The number of nitrogen functional groups attached to an aromatic ring is 1. The van der Waals surface area contributed by atoms with Gasteiger partial charge in [0.15, 0.2) is 5.69 Å². The van der Waals surface area contributed by atoms with Crippen molar-refractivity contribution in [1.82, 2.24) is 30.7 Å². The van der Waals surface area contributed by atoms with Crippen LogP contribution in [0.4, 0.5) is 5.82 Å². The zero-order valence-electron chi connectivity index (χ0n) is 19.0. The molecular formula is C23H24N8O2S. The lowest BCUT2D eigenvalue weighted by atomic mass is 10.0. The Morgan fingerprint density at radius 1 is 1.18 bits per heavy atom. The van der Waals surface area contributed by atoms with Crippen LogP contribution in [0.1, 0.15) is 52.6 Å². The van der Waals surface area contributed by atoms with Gasteiger partial charge >= 0.3 is 0 Å². The maximum absolute atomic E-state index is 12.9. The maximum atomic E-state index is 12.9. The van der Waals surface area contributed by atoms with Gasteiger partial charge in [-0.25, -0.2) is 10.1 Å². The minimum absolute atomic E-state index is 0.0429. The number of carbonyl (C=O) groups excluding carboxylic acids is 1. The van der Waals surface area contributed by atoms with E-state index in [0.29, 0.717) is 17.4 Å². The smallest absolute Gasteiger partial charge is 0.293 e. The average molecular weight is 477 g/mol. The summed E-state index contributed by atoms with van der Waals surface area (Å²) in [5, 5.41) is 19.5. The number of nitrogens with two attached hydrogens (primary N) is 1. The Morgan fingerprint density at radius 2 is 1.91 bits per heavy atom. The minimum Gasteiger partial charge on any atom is -0.378 e. The highest BCUT2D eigenvalue weighted by Crippen LogP contribution is 2.26. The zero-order valence-corrected chi connectivity index (χ0v) is 19.8. The van der Waals surface area contributed by atoms with Gasteiger partial charge in [0.05, 0.1) is 11.9 Å². The summed E-state index contributed by atoms with van der Waals surface area (Å²) >= 11 is 1.52. The zero-order chi connectivity index (χ0) is 24.1. The minimum atomic E-state index is -0.504. The maximum Gasteiger partial charge on any atom is 0.293 e. The normalized spacial score (nSPS) is 11.4. The molecule has 0 aliphatic rings. The van der Waals surface area contributed by atoms with E-state index in [4.69, 9.17) is 10.4 Å². The molecule has 0 aliphatic carbocycles. The first-order chi connectivity index (χ1) is 16.4. The number of anilines is 1. The molecule has 0 spiro atoms. The largest absolute Gasteiger partial charge is 0.378 e. The van der Waals surface area contributed by atoms with Gasteiger partial charge in [0, 0.05) is 10.6 Å². The molecule has 3 N–H and O–H groups in total. The van der Waals surface area contributed by atoms with Crippen molar-refractivity contribution in [3.63, 3.8) is 0 Å². The molecule has 2 heterocycles. The van der Waals surface area contributed by atoms with E-state index in [1.807, 2.05) is 55.5 Å². The van der Waals surface area contributed by atoms with Crippen LogP contribution in [0.5, 0.6) is 0 Å². The molecule has 0 unspecified atom stereocenters. The van der Waals surface area contributed by atoms with Crippen LogP contribution in [-0.2, 0) is 5.75 Å². The van der Waals surface area contributed by atoms with Crippen LogP contribution in [0.2, 0.25) is 0 Å². The molecule has 0 radical (unpaired) electrons. The fraction of sp³-hybridized carbons (Fsp3) is 0.217. The quantitative estimate of drug-likeness (QED) is 0.223. The van der Waals surface area contributed by atoms with Gasteiger partial charge < -0.3 is 5.73 Å². The molecule has 4 aromatic rings. The van der Waals surface area contributed by atoms with Crippen LogP contribution in [-0.4, -0.2) is 37.4 Å². The van der Waals surface area contributed by atoms with E-state index >= 15 is 0 Å². The van der Waals surface area contributed by atoms with Crippen molar-refractivity contribution in [1.29, 1.82) is 0 Å². The third kappa shape index (κ3) is 5.31. The second-order valence-electron chi connectivity index (χ2n) is 7.89. The van der Waals surface area contributed by atoms with Crippen LogP contribution in [0.25, 0.3) is 5.82 Å². The van der Waals surface area contributed by atoms with E-state index in [1.54, 1.807) is 6.21 Å². The van der Waals surface area contributed by atoms with Crippen molar-refractivity contribution >= 4 is 29.7 Å². The van der Waals surface area contributed by atoms with Crippen LogP contribution >= 0.6 is 11.8 Å². The molecule has 2 aromatic carbocycles. The molecule has 0 saturated heterocycles. The van der Waals surface area contributed by atoms with Crippen LogP contribution in [0.15, 0.2) is 63.2 Å². The summed E-state index contributed by atoms with van der Waals surface area (Å²) in [4.78, 5) is 13.9. The highest BCUT2D eigenvalue weighted by molar-refractivity contribution is 7.98. The predicted molar refractivity (Wildman–Crippen MR) is 130 cm³/mol. The first-order valence-electron chi connectivity index (χ1n) is 10.6. The highest BCUT2D eigenvalue weighted by Gasteiger charge is 2.24. The van der Waals surface area contributed by atoms with E-state index in [-0.39, 0.29) is 17.3 Å². The molecule has 0 aliphatic heterocycles. The molecule has 1 amide bonds. The van der Waals surface area contributed by atoms with Crippen molar-refractivity contribution in [2.75, 3.05) is 5.73 Å². The number of aromatic nitrogens is 5. The third-order valence-electron chi connectivity index (χ3n) is 5.05. The van der Waals surface area contributed by atoms with Gasteiger partial charge in [0.2, 0.25) is 11.6 Å². The second-order valence-corrected chi connectivity index (χ2v) is 8.94. The van der Waals surface area contributed by atoms with Gasteiger partial charge in [-0.15, -0.1) is 16.9 Å². The number of carbonyl (C=O) groups is 1. The Kier molecular flexibility index (Phi) is 7.02. The number of nitrogens with one attached hydrogen (secondary N) is 1. The first-order valence-corrected chi connectivity index (χ1v) is 11.6. The molecule has 0 fully saturated rings. The predicted octanol–water partition coefficient (Wildman–Crippen LogP) is 3.72. The fourth-order valence-corrected chi connectivity index (χ4v) is 3.98. The average Bonchev–Trinajstić information content (AvgIpc) is 3.44. The number of thioether (sulfide) groups is 1. The van der Waals surface area contributed by atoms with Gasteiger partial charge in [-0.3, -0.25) is 4.79 Å². The van der Waals surface area contributed by atoms with E-state index in [0.717, 1.165) is 16.0 Å². The molecule has 2 aromatic heterocycles. The summed E-state index contributed by atoms with van der Waals surface area (Å²) in [5.41, 5.74) is 12.2. The molecule has 10 nitrogen and oxygen atoms in total. The van der Waals surface area contributed by atoms with Crippen molar-refractivity contribution in [3.05, 3.63) is 76.6 Å². The molecule has 34 heavy (non-hydrogen) atoms. The van der Waals surface area contributed by atoms with Crippen molar-refractivity contribution < 1.29 is 9.42 Å². The summed E-state index contributed by atoms with van der Waals surface area (Å²) in [6.07, 6.45) is 1.58. The topological polar surface area (TPSA) is 137 Å². The van der Waals surface area contributed by atoms with Crippen LogP contribution in [0.3, 0.4) is 0 Å². The van der Waals surface area contributed by atoms with Gasteiger partial charge in [-0.2, -0.15) is 9.78 Å². The summed E-state index contributed by atoms with van der Waals surface area (Å²) in [5.74, 6) is 0.529. The Morgan fingerprint density at radius 3 is 2.56 bits per heavy atom. The van der Waals surface area contributed by atoms with Gasteiger partial charge in [-0.05, 0) is 46.4 Å². The lowest BCUT2D eigenvalue weighted by Gasteiger charge is -2.06. The number of hydrazone groups is 1. The monoisotopic (exact) mass is 476 g/mol. The Bertz CT molecular complexity index is 1290. The van der Waals surface area contributed by atoms with Crippen molar-refractivity contribution in [2.24, 2.45) is 5.10 Å². The number of nitrogens with zero attached hydrogens (tertiary/aromatic N) is 6. The Labute approximate surface area is 200 Å². The van der Waals surface area contributed by atoms with Crippen molar-refractivity contribution in [3.8, 4) is 5.82 Å². The molecular weight excluding hydrogens is 452 g/mol. The molecule has 0 atom stereocenters. The molecule has 0 saturated carbocycles. The van der Waals surface area contributed by atoms with E-state index < -0.39 is 5.91 Å². The lowest BCUT2D eigenvalue weighted by Crippen LogP contribution is -2.20. The number of hydrogen-bond acceptors (Lipinski definition) is 9. The van der Waals surface area contributed by atoms with E-state index in [2.05, 4.69) is 45.0 Å². The number of rotatable bonds is 8. The highest BCUT2D eigenvalue weighted by atomic mass is 32.2. The molecule has 11 heteroatoms. The summed E-state index contributed by atoms with van der Waals surface area (Å²) in [7, 11) is 0. The van der Waals surface area contributed by atoms with Gasteiger partial charge in [0.25, 0.3) is 5.91 Å². The standard InChI is InChI=1S/C23H24N8O2S/c1-14(2)17-8-6-16(7-9-17)12-25-27-23(32)20-19(13-34-18-10-4-15(3)5-11-18)31(30-26-20)22-21(24)28-33-29-22/h4-12,14H,13H2,1-3H3,(H2,24,28)(H,27,32). The fourth-order valence-electron chi connectivity index (χ4n) is 3.09. The summed E-state index contributed by atoms with van der Waals surface area (Å²) in [6.45, 7) is 6.29. The number of hydrogen-bond donors (Lipinski definition) is 2. The second kappa shape index (κ2) is 10.3. The Balaban J connectivity index is 1.53. The molecule has 174 valence electrons. The SMILES string of the molecule is Cc1ccc(SCc2c(C(=O)NN=Cc3ccc(C(C)C)cc3)nnn2-c2nonc2N)cc1.